The number of nitrogens with zero attached hydrogens (tertiary/aromatic N) is 1. The van der Waals surface area contributed by atoms with Gasteiger partial charge in [0, 0.05) is 0 Å². The molecule has 1 aromatic carbocycles. The quantitative estimate of drug-likeness (QED) is 0.774. The van der Waals surface area contributed by atoms with E-state index in [1.165, 1.54) is 18.4 Å². The molecular formula is C13H10N2O3S. The van der Waals surface area contributed by atoms with Gasteiger partial charge in [0.05, 0.1) is 12.6 Å². The number of aromatic nitrogens is 2. The minimum Gasteiger partial charge on any atom is -0.496 e. The molecule has 0 unspecified atom stereocenters. The van der Waals surface area contributed by atoms with Gasteiger partial charge >= 0.3 is 5.69 Å². The van der Waals surface area contributed by atoms with Crippen LogP contribution < -0.4 is 16.0 Å². The van der Waals surface area contributed by atoms with Crippen molar-refractivity contribution in [3.63, 3.8) is 0 Å². The molecule has 0 aliphatic heterocycles. The number of fused-ring (bicyclic) bond motifs is 1. The minimum absolute atomic E-state index is 0.373. The zero-order chi connectivity index (χ0) is 13.4. The Hall–Kier alpha value is -2.34. The topological polar surface area (TPSA) is 64.1 Å². The fraction of sp³-hybridized carbons (Fsp3) is 0.0769. The maximum absolute atomic E-state index is 12.5. The number of methoxy groups -OCH3 is 1. The number of ether oxygens (including phenoxy) is 1. The highest BCUT2D eigenvalue weighted by Crippen LogP contribution is 2.20. The van der Waals surface area contributed by atoms with E-state index >= 15 is 0 Å². The highest BCUT2D eigenvalue weighted by Gasteiger charge is 2.13. The van der Waals surface area contributed by atoms with Gasteiger partial charge in [-0.15, -0.1) is 11.3 Å². The maximum atomic E-state index is 12.5. The minimum atomic E-state index is -0.451. The van der Waals surface area contributed by atoms with Gasteiger partial charge in [0.2, 0.25) is 0 Å². The summed E-state index contributed by atoms with van der Waals surface area (Å²) < 4.78 is 6.31. The summed E-state index contributed by atoms with van der Waals surface area (Å²) in [5.74, 6) is 0.448. The van der Waals surface area contributed by atoms with Crippen molar-refractivity contribution in [2.24, 2.45) is 0 Å². The summed E-state index contributed by atoms with van der Waals surface area (Å²) in [6, 6.07) is 8.62. The average molecular weight is 274 g/mol. The molecule has 0 atom stereocenters. The third-order valence-electron chi connectivity index (χ3n) is 2.83. The maximum Gasteiger partial charge on any atom is 0.334 e. The first kappa shape index (κ1) is 11.7. The van der Waals surface area contributed by atoms with Crippen molar-refractivity contribution in [3.8, 4) is 10.8 Å². The molecule has 0 aliphatic rings. The Kier molecular flexibility index (Phi) is 2.72. The largest absolute Gasteiger partial charge is 0.496 e. The van der Waals surface area contributed by atoms with Crippen LogP contribution in [-0.2, 0) is 0 Å². The highest BCUT2D eigenvalue weighted by atomic mass is 32.1. The molecule has 0 fully saturated rings. The molecule has 0 saturated carbocycles. The third-order valence-corrected chi connectivity index (χ3v) is 3.69. The summed E-state index contributed by atoms with van der Waals surface area (Å²) in [7, 11) is 1.49. The van der Waals surface area contributed by atoms with Gasteiger partial charge in [0.1, 0.15) is 16.1 Å². The standard InChI is InChI=1S/C13H10N2O3S/c1-18-9-5-2-4-8-11(9)12(16)15(13(17)14-8)10-6-3-7-19-10/h2-7H,1H3,(H,14,17). The summed E-state index contributed by atoms with van der Waals surface area (Å²) in [6.45, 7) is 0. The van der Waals surface area contributed by atoms with Crippen LogP contribution in [0.1, 0.15) is 0 Å². The number of H-pyrrole nitrogens is 1. The van der Waals surface area contributed by atoms with Crippen LogP contribution in [0.5, 0.6) is 5.75 Å². The normalized spacial score (nSPS) is 10.8. The van der Waals surface area contributed by atoms with Gasteiger partial charge in [-0.25, -0.2) is 9.36 Å². The van der Waals surface area contributed by atoms with E-state index in [0.29, 0.717) is 21.7 Å². The Bertz CT molecular complexity index is 846. The summed E-state index contributed by atoms with van der Waals surface area (Å²) in [5.41, 5.74) is -0.353. The van der Waals surface area contributed by atoms with Gasteiger partial charge < -0.3 is 9.72 Å². The predicted octanol–water partition coefficient (Wildman–Crippen LogP) is 1.75. The Morgan fingerprint density at radius 2 is 2.05 bits per heavy atom. The van der Waals surface area contributed by atoms with Crippen LogP contribution in [0, 0.1) is 0 Å². The molecule has 1 N–H and O–H groups in total. The van der Waals surface area contributed by atoms with Crippen LogP contribution >= 0.6 is 11.3 Å². The molecule has 0 radical (unpaired) electrons. The Balaban J connectivity index is 2.49. The molecule has 0 bridgehead atoms. The van der Waals surface area contributed by atoms with E-state index in [-0.39, 0.29) is 5.56 Å². The van der Waals surface area contributed by atoms with Crippen LogP contribution in [0.4, 0.5) is 0 Å². The van der Waals surface area contributed by atoms with Gasteiger partial charge in [-0.3, -0.25) is 4.79 Å². The molecule has 0 spiro atoms. The van der Waals surface area contributed by atoms with Crippen LogP contribution in [0.25, 0.3) is 15.9 Å². The SMILES string of the molecule is COc1cccc2[nH]c(=O)n(-c3cccs3)c(=O)c12. The first-order valence-corrected chi connectivity index (χ1v) is 6.46. The molecule has 3 aromatic rings. The van der Waals surface area contributed by atoms with E-state index in [1.54, 1.807) is 30.3 Å². The van der Waals surface area contributed by atoms with Gasteiger partial charge in [-0.1, -0.05) is 6.07 Å². The van der Waals surface area contributed by atoms with Crippen molar-refractivity contribution in [2.75, 3.05) is 7.11 Å². The molecule has 2 heterocycles. The second-order valence-corrected chi connectivity index (χ2v) is 4.83. The van der Waals surface area contributed by atoms with Gasteiger partial charge in [-0.05, 0) is 29.6 Å². The third kappa shape index (κ3) is 1.77. The van der Waals surface area contributed by atoms with Crippen LogP contribution in [0.15, 0.2) is 45.3 Å². The Labute approximate surface area is 111 Å². The van der Waals surface area contributed by atoms with E-state index in [4.69, 9.17) is 4.74 Å². The number of aromatic amines is 1. The predicted molar refractivity (Wildman–Crippen MR) is 74.6 cm³/mol. The lowest BCUT2D eigenvalue weighted by molar-refractivity contribution is 0.419. The summed E-state index contributed by atoms with van der Waals surface area (Å²) in [4.78, 5) is 27.2. The van der Waals surface area contributed by atoms with Crippen LogP contribution in [0.2, 0.25) is 0 Å². The zero-order valence-corrected chi connectivity index (χ0v) is 10.9. The van der Waals surface area contributed by atoms with Crippen LogP contribution in [-0.4, -0.2) is 16.7 Å². The van der Waals surface area contributed by atoms with Gasteiger partial charge in [-0.2, -0.15) is 0 Å². The molecule has 6 heteroatoms. The summed E-state index contributed by atoms with van der Waals surface area (Å²) >= 11 is 1.33. The first-order valence-electron chi connectivity index (χ1n) is 5.58. The number of benzene rings is 1. The number of nitrogens with one attached hydrogen (secondary N) is 1. The molecule has 2 aromatic heterocycles. The van der Waals surface area contributed by atoms with Gasteiger partial charge in [0.25, 0.3) is 5.56 Å². The second kappa shape index (κ2) is 4.40. The molecular weight excluding hydrogens is 264 g/mol. The fourth-order valence-electron chi connectivity index (χ4n) is 2.00. The number of hydrogen-bond acceptors (Lipinski definition) is 4. The number of hydrogen-bond donors (Lipinski definition) is 1. The Morgan fingerprint density at radius 3 is 2.74 bits per heavy atom. The smallest absolute Gasteiger partial charge is 0.334 e. The Morgan fingerprint density at radius 1 is 1.21 bits per heavy atom. The number of rotatable bonds is 2. The van der Waals surface area contributed by atoms with Crippen molar-refractivity contribution < 1.29 is 4.74 Å². The lowest BCUT2D eigenvalue weighted by atomic mass is 10.2. The van der Waals surface area contributed by atoms with Crippen molar-refractivity contribution in [1.29, 1.82) is 0 Å². The number of thiophene rings is 1. The lowest BCUT2D eigenvalue weighted by Gasteiger charge is -2.07. The molecule has 5 nitrogen and oxygen atoms in total. The van der Waals surface area contributed by atoms with Crippen molar-refractivity contribution in [2.45, 2.75) is 0 Å². The zero-order valence-electron chi connectivity index (χ0n) is 10.0. The van der Waals surface area contributed by atoms with E-state index in [2.05, 4.69) is 4.98 Å². The van der Waals surface area contributed by atoms with E-state index in [9.17, 15) is 9.59 Å². The summed E-state index contributed by atoms with van der Waals surface area (Å²) in [6.07, 6.45) is 0. The average Bonchev–Trinajstić information content (AvgIpc) is 2.91. The fourth-order valence-corrected chi connectivity index (χ4v) is 2.72. The van der Waals surface area contributed by atoms with E-state index in [1.807, 2.05) is 5.38 Å². The molecule has 3 rings (SSSR count). The molecule has 96 valence electrons. The highest BCUT2D eigenvalue weighted by molar-refractivity contribution is 7.12. The van der Waals surface area contributed by atoms with E-state index in [0.717, 1.165) is 4.57 Å². The molecule has 0 aliphatic carbocycles. The first-order chi connectivity index (χ1) is 9.22. The summed E-state index contributed by atoms with van der Waals surface area (Å²) in [5, 5.41) is 2.77. The monoisotopic (exact) mass is 274 g/mol. The van der Waals surface area contributed by atoms with Crippen molar-refractivity contribution in [1.82, 2.24) is 9.55 Å². The van der Waals surface area contributed by atoms with Crippen molar-refractivity contribution in [3.05, 3.63) is 56.5 Å². The van der Waals surface area contributed by atoms with Crippen molar-refractivity contribution >= 4 is 22.2 Å². The lowest BCUT2D eigenvalue weighted by Crippen LogP contribution is -2.33. The van der Waals surface area contributed by atoms with E-state index < -0.39 is 5.69 Å². The van der Waals surface area contributed by atoms with Crippen LogP contribution in [0.3, 0.4) is 0 Å². The molecule has 0 amide bonds. The second-order valence-electron chi connectivity index (χ2n) is 3.90. The molecule has 0 saturated heterocycles. The molecule has 19 heavy (non-hydrogen) atoms. The van der Waals surface area contributed by atoms with Gasteiger partial charge in [0.15, 0.2) is 0 Å².